The van der Waals surface area contributed by atoms with E-state index in [4.69, 9.17) is 0 Å². The molecule has 3 nitrogen and oxygen atoms in total. The predicted octanol–water partition coefficient (Wildman–Crippen LogP) is 8.26. The Kier molecular flexibility index (Phi) is 6.24. The predicted molar refractivity (Wildman–Crippen MR) is 146 cm³/mol. The number of nitrogens with one attached hydrogen (secondary N) is 1. The fourth-order valence-corrected chi connectivity index (χ4v) is 4.72. The highest BCUT2D eigenvalue weighted by atomic mass is 32.2. The van der Waals surface area contributed by atoms with Gasteiger partial charge in [-0.05, 0) is 82.8 Å². The van der Waals surface area contributed by atoms with E-state index in [1.807, 2.05) is 59.7 Å². The molecule has 0 fully saturated rings. The molecule has 2 amide bonds. The summed E-state index contributed by atoms with van der Waals surface area (Å²) >= 11 is 1.68. The highest BCUT2D eigenvalue weighted by Gasteiger charge is 2.19. The minimum absolute atomic E-state index is 0.155. The molecule has 0 radical (unpaired) electrons. The van der Waals surface area contributed by atoms with Gasteiger partial charge in [0.25, 0.3) is 0 Å². The number of anilines is 2. The quantitative estimate of drug-likeness (QED) is 0.211. The molecule has 0 saturated heterocycles. The molecule has 4 heteroatoms. The second kappa shape index (κ2) is 9.62. The van der Waals surface area contributed by atoms with Crippen LogP contribution in [0.25, 0.3) is 21.5 Å². The van der Waals surface area contributed by atoms with Crippen LogP contribution in [0.4, 0.5) is 16.2 Å². The van der Waals surface area contributed by atoms with Crippen LogP contribution in [0.2, 0.25) is 0 Å². The van der Waals surface area contributed by atoms with Crippen LogP contribution >= 0.6 is 11.8 Å². The Balaban J connectivity index is 1.59. The highest BCUT2D eigenvalue weighted by molar-refractivity contribution is 7.98. The van der Waals surface area contributed by atoms with Crippen molar-refractivity contribution >= 4 is 50.7 Å². The summed E-state index contributed by atoms with van der Waals surface area (Å²) in [5.74, 6) is 0. The van der Waals surface area contributed by atoms with Crippen molar-refractivity contribution in [2.75, 3.05) is 16.5 Å². The molecule has 0 heterocycles. The number of hydrogen-bond donors (Lipinski definition) is 1. The van der Waals surface area contributed by atoms with E-state index >= 15 is 0 Å². The van der Waals surface area contributed by atoms with E-state index in [0.717, 1.165) is 38.2 Å². The van der Waals surface area contributed by atoms with Gasteiger partial charge in [-0.2, -0.15) is 0 Å². The Hall–Kier alpha value is -3.76. The van der Waals surface area contributed by atoms with E-state index in [1.165, 1.54) is 10.8 Å². The van der Waals surface area contributed by atoms with Crippen molar-refractivity contribution in [2.24, 2.45) is 0 Å². The molecule has 1 N–H and O–H groups in total. The van der Waals surface area contributed by atoms with Crippen molar-refractivity contribution in [3.05, 3.63) is 114 Å². The third-order valence-corrected chi connectivity index (χ3v) is 6.87. The van der Waals surface area contributed by atoms with Gasteiger partial charge in [-0.1, -0.05) is 66.2 Å². The van der Waals surface area contributed by atoms with Crippen molar-refractivity contribution in [1.82, 2.24) is 0 Å². The van der Waals surface area contributed by atoms with Gasteiger partial charge in [-0.15, -0.1) is 11.8 Å². The Morgan fingerprint density at radius 1 is 0.794 bits per heavy atom. The van der Waals surface area contributed by atoms with Crippen LogP contribution in [-0.2, 0) is 6.54 Å². The second-order valence-corrected chi connectivity index (χ2v) is 9.26. The van der Waals surface area contributed by atoms with Crippen LogP contribution < -0.4 is 10.2 Å². The molecule has 0 unspecified atom stereocenters. The first-order chi connectivity index (χ1) is 16.6. The maximum Gasteiger partial charge on any atom is 0.326 e. The molecule has 0 aliphatic heterocycles. The van der Waals surface area contributed by atoms with Crippen LogP contribution in [0.5, 0.6) is 0 Å². The number of nitrogens with zero attached hydrogens (tertiary/aromatic N) is 1. The maximum atomic E-state index is 13.6. The van der Waals surface area contributed by atoms with Gasteiger partial charge in [-0.25, -0.2) is 4.79 Å². The average Bonchev–Trinajstić information content (AvgIpc) is 2.87. The number of urea groups is 1. The molecule has 0 saturated carbocycles. The molecule has 0 aliphatic rings. The maximum absolute atomic E-state index is 13.6. The van der Waals surface area contributed by atoms with E-state index in [9.17, 15) is 4.79 Å². The monoisotopic (exact) mass is 462 g/mol. The Morgan fingerprint density at radius 2 is 1.38 bits per heavy atom. The number of fused-ring (bicyclic) bond motifs is 2. The SMILES string of the molecule is CSc1ccc(NC(=O)N(Cc2c3ccccc3cc3ccccc23)c2ccc(C)cc2)cc1. The Labute approximate surface area is 204 Å². The molecule has 5 rings (SSSR count). The summed E-state index contributed by atoms with van der Waals surface area (Å²) in [7, 11) is 0. The molecular formula is C30H26N2OS. The zero-order chi connectivity index (χ0) is 23.5. The highest BCUT2D eigenvalue weighted by Crippen LogP contribution is 2.31. The summed E-state index contributed by atoms with van der Waals surface area (Å²) < 4.78 is 0. The van der Waals surface area contributed by atoms with Gasteiger partial charge < -0.3 is 5.32 Å². The number of carbonyl (C=O) groups is 1. The molecule has 168 valence electrons. The largest absolute Gasteiger partial charge is 0.326 e. The number of benzene rings is 5. The van der Waals surface area contributed by atoms with Crippen molar-refractivity contribution in [2.45, 2.75) is 18.4 Å². The molecule has 0 aliphatic carbocycles. The normalized spacial score (nSPS) is 11.0. The summed E-state index contributed by atoms with van der Waals surface area (Å²) in [6.45, 7) is 2.51. The summed E-state index contributed by atoms with van der Waals surface area (Å²) in [5, 5.41) is 7.77. The van der Waals surface area contributed by atoms with Crippen LogP contribution in [0.1, 0.15) is 11.1 Å². The van der Waals surface area contributed by atoms with E-state index in [2.05, 4.69) is 66.8 Å². The third kappa shape index (κ3) is 4.50. The van der Waals surface area contributed by atoms with E-state index in [0.29, 0.717) is 6.54 Å². The molecule has 0 bridgehead atoms. The van der Waals surface area contributed by atoms with E-state index in [-0.39, 0.29) is 6.03 Å². The van der Waals surface area contributed by atoms with Crippen molar-refractivity contribution < 1.29 is 4.79 Å². The minimum Gasteiger partial charge on any atom is -0.308 e. The molecular weight excluding hydrogens is 436 g/mol. The number of amides is 2. The summed E-state index contributed by atoms with van der Waals surface area (Å²) in [6, 6.07) is 34.9. The van der Waals surface area contributed by atoms with Crippen LogP contribution in [0.3, 0.4) is 0 Å². The summed E-state index contributed by atoms with van der Waals surface area (Å²) in [6.07, 6.45) is 2.04. The van der Waals surface area contributed by atoms with Gasteiger partial charge in [0.15, 0.2) is 0 Å². The number of thioether (sulfide) groups is 1. The van der Waals surface area contributed by atoms with Crippen LogP contribution in [0, 0.1) is 6.92 Å². The summed E-state index contributed by atoms with van der Waals surface area (Å²) in [4.78, 5) is 16.6. The fourth-order valence-electron chi connectivity index (χ4n) is 4.31. The van der Waals surface area contributed by atoms with Crippen LogP contribution in [0.15, 0.2) is 108 Å². The molecule has 5 aromatic rings. The third-order valence-electron chi connectivity index (χ3n) is 6.13. The van der Waals surface area contributed by atoms with Gasteiger partial charge in [0, 0.05) is 16.3 Å². The number of hydrogen-bond acceptors (Lipinski definition) is 2. The van der Waals surface area contributed by atoms with Gasteiger partial charge in [0.2, 0.25) is 0 Å². The number of rotatable bonds is 5. The topological polar surface area (TPSA) is 32.3 Å². The number of aryl methyl sites for hydroxylation is 1. The Morgan fingerprint density at radius 3 is 1.97 bits per heavy atom. The van der Waals surface area contributed by atoms with Crippen LogP contribution in [-0.4, -0.2) is 12.3 Å². The van der Waals surface area contributed by atoms with Crippen molar-refractivity contribution in [3.8, 4) is 0 Å². The molecule has 34 heavy (non-hydrogen) atoms. The zero-order valence-corrected chi connectivity index (χ0v) is 20.1. The van der Waals surface area contributed by atoms with E-state index < -0.39 is 0 Å². The lowest BCUT2D eigenvalue weighted by Gasteiger charge is -2.25. The molecule has 0 spiro atoms. The van der Waals surface area contributed by atoms with Gasteiger partial charge in [0.1, 0.15) is 0 Å². The zero-order valence-electron chi connectivity index (χ0n) is 19.3. The van der Waals surface area contributed by atoms with Crippen molar-refractivity contribution in [1.29, 1.82) is 0 Å². The first-order valence-corrected chi connectivity index (χ1v) is 12.5. The first kappa shape index (κ1) is 22.1. The lowest BCUT2D eigenvalue weighted by atomic mass is 9.96. The smallest absolute Gasteiger partial charge is 0.308 e. The molecule has 0 atom stereocenters. The van der Waals surface area contributed by atoms with Crippen molar-refractivity contribution in [3.63, 3.8) is 0 Å². The van der Waals surface area contributed by atoms with E-state index in [1.54, 1.807) is 11.8 Å². The van der Waals surface area contributed by atoms with Gasteiger partial charge in [-0.3, -0.25) is 4.90 Å². The lowest BCUT2D eigenvalue weighted by molar-refractivity contribution is 0.256. The average molecular weight is 463 g/mol. The van der Waals surface area contributed by atoms with Gasteiger partial charge >= 0.3 is 6.03 Å². The number of carbonyl (C=O) groups excluding carboxylic acids is 1. The lowest BCUT2D eigenvalue weighted by Crippen LogP contribution is -2.34. The minimum atomic E-state index is -0.155. The summed E-state index contributed by atoms with van der Waals surface area (Å²) in [5.41, 5.74) is 3.94. The molecule has 0 aromatic heterocycles. The Bertz CT molecular complexity index is 1410. The standard InChI is InChI=1S/C30H26N2OS/c1-21-11-15-25(16-12-21)32(30(33)31-24-13-17-26(34-2)18-14-24)20-29-27-9-5-3-7-22(27)19-23-8-4-6-10-28(23)29/h3-19H,20H2,1-2H3,(H,31,33). The molecule has 5 aromatic carbocycles. The van der Waals surface area contributed by atoms with Gasteiger partial charge in [0.05, 0.1) is 6.54 Å². The first-order valence-electron chi connectivity index (χ1n) is 11.3. The second-order valence-electron chi connectivity index (χ2n) is 8.38. The fraction of sp³-hybridized carbons (Fsp3) is 0.100.